The minimum Gasteiger partial charge on any atom is -0.380 e. The van der Waals surface area contributed by atoms with Crippen molar-refractivity contribution in [2.45, 2.75) is 26.4 Å². The maximum Gasteiger partial charge on any atom is 0.232 e. The van der Waals surface area contributed by atoms with Gasteiger partial charge in [0.05, 0.1) is 72.4 Å². The standard InChI is InChI=1S/C24H36N2O8/c1-19-17-23(28)26(24(19)29)8-10-32-12-14-34-16-15-33-13-11-31-9-7-22(27)25-21-5-3-20(4-6-21)18-30-2/h3-6,19H,7-18H2,1-2H3,(H,25,27). The van der Waals surface area contributed by atoms with E-state index in [0.29, 0.717) is 59.5 Å². The second-order valence-corrected chi connectivity index (χ2v) is 7.87. The summed E-state index contributed by atoms with van der Waals surface area (Å²) in [4.78, 5) is 36.6. The number of nitrogens with zero attached hydrogens (tertiary/aromatic N) is 1. The molecule has 10 heteroatoms. The van der Waals surface area contributed by atoms with Crippen molar-refractivity contribution < 1.29 is 38.1 Å². The quantitative estimate of drug-likeness (QED) is 0.249. The van der Waals surface area contributed by atoms with Crippen LogP contribution in [0.15, 0.2) is 24.3 Å². The van der Waals surface area contributed by atoms with Crippen LogP contribution in [-0.2, 0) is 44.7 Å². The van der Waals surface area contributed by atoms with Crippen molar-refractivity contribution in [2.75, 3.05) is 71.8 Å². The number of methoxy groups -OCH3 is 1. The average molecular weight is 481 g/mol. The highest BCUT2D eigenvalue weighted by molar-refractivity contribution is 6.03. The number of imide groups is 1. The van der Waals surface area contributed by atoms with E-state index in [9.17, 15) is 14.4 Å². The van der Waals surface area contributed by atoms with Gasteiger partial charge in [-0.2, -0.15) is 0 Å². The maximum absolute atomic E-state index is 11.9. The van der Waals surface area contributed by atoms with Gasteiger partial charge in [0.2, 0.25) is 17.7 Å². The molecule has 0 spiro atoms. The summed E-state index contributed by atoms with van der Waals surface area (Å²) in [6.45, 7) is 5.66. The summed E-state index contributed by atoms with van der Waals surface area (Å²) in [5, 5.41) is 2.82. The van der Waals surface area contributed by atoms with Crippen molar-refractivity contribution in [3.8, 4) is 0 Å². The number of hydrogen-bond donors (Lipinski definition) is 1. The molecule has 1 aliphatic rings. The Morgan fingerprint density at radius 3 is 2.00 bits per heavy atom. The van der Waals surface area contributed by atoms with Crippen LogP contribution in [0.25, 0.3) is 0 Å². The lowest BCUT2D eigenvalue weighted by Crippen LogP contribution is -2.33. The molecule has 0 aromatic heterocycles. The van der Waals surface area contributed by atoms with Gasteiger partial charge in [0.15, 0.2) is 0 Å². The van der Waals surface area contributed by atoms with Crippen molar-refractivity contribution in [3.05, 3.63) is 29.8 Å². The molecule has 190 valence electrons. The van der Waals surface area contributed by atoms with Crippen molar-refractivity contribution in [2.24, 2.45) is 5.92 Å². The minimum absolute atomic E-state index is 0.107. The van der Waals surface area contributed by atoms with Crippen molar-refractivity contribution in [1.29, 1.82) is 0 Å². The minimum atomic E-state index is -0.226. The average Bonchev–Trinajstić information content (AvgIpc) is 3.06. The smallest absolute Gasteiger partial charge is 0.232 e. The Labute approximate surface area is 200 Å². The van der Waals surface area contributed by atoms with Crippen LogP contribution in [-0.4, -0.2) is 89.1 Å². The summed E-state index contributed by atoms with van der Waals surface area (Å²) >= 11 is 0. The molecule has 0 saturated carbocycles. The molecule has 1 aliphatic heterocycles. The number of likely N-dealkylation sites (tertiary alicyclic amines) is 1. The van der Waals surface area contributed by atoms with Gasteiger partial charge in [-0.25, -0.2) is 0 Å². The highest BCUT2D eigenvalue weighted by atomic mass is 16.6. The molecule has 1 fully saturated rings. The fourth-order valence-electron chi connectivity index (χ4n) is 3.24. The number of rotatable bonds is 18. The van der Waals surface area contributed by atoms with Crippen molar-refractivity contribution in [3.63, 3.8) is 0 Å². The Kier molecular flexibility index (Phi) is 13.4. The molecule has 0 radical (unpaired) electrons. The molecule has 1 N–H and O–H groups in total. The van der Waals surface area contributed by atoms with Gasteiger partial charge in [-0.1, -0.05) is 19.1 Å². The predicted molar refractivity (Wildman–Crippen MR) is 124 cm³/mol. The molecule has 10 nitrogen and oxygen atoms in total. The number of benzene rings is 1. The maximum atomic E-state index is 11.9. The van der Waals surface area contributed by atoms with Crippen LogP contribution >= 0.6 is 0 Å². The number of amides is 3. The second-order valence-electron chi connectivity index (χ2n) is 7.87. The Hall–Kier alpha value is -2.37. The third kappa shape index (κ3) is 10.7. The first kappa shape index (κ1) is 27.9. The monoisotopic (exact) mass is 480 g/mol. The molecule has 2 rings (SSSR count). The van der Waals surface area contributed by atoms with Gasteiger partial charge in [-0.05, 0) is 17.7 Å². The summed E-state index contributed by atoms with van der Waals surface area (Å²) in [7, 11) is 1.64. The normalized spacial score (nSPS) is 15.8. The zero-order valence-electron chi connectivity index (χ0n) is 20.1. The number of ether oxygens (including phenoxy) is 5. The molecule has 34 heavy (non-hydrogen) atoms. The van der Waals surface area contributed by atoms with E-state index in [1.807, 2.05) is 24.3 Å². The summed E-state index contributed by atoms with van der Waals surface area (Å²) < 4.78 is 26.7. The summed E-state index contributed by atoms with van der Waals surface area (Å²) in [5.74, 6) is -0.593. The molecule has 1 atom stereocenters. The molecular weight excluding hydrogens is 444 g/mol. The van der Waals surface area contributed by atoms with E-state index < -0.39 is 0 Å². The second kappa shape index (κ2) is 16.3. The molecule has 1 aromatic carbocycles. The lowest BCUT2D eigenvalue weighted by molar-refractivity contribution is -0.140. The molecule has 0 aliphatic carbocycles. The van der Waals surface area contributed by atoms with E-state index >= 15 is 0 Å². The van der Waals surface area contributed by atoms with Crippen LogP contribution in [0.3, 0.4) is 0 Å². The van der Waals surface area contributed by atoms with Gasteiger partial charge in [0.1, 0.15) is 0 Å². The number of nitrogens with one attached hydrogen (secondary N) is 1. The number of carbonyl (C=O) groups excluding carboxylic acids is 3. The van der Waals surface area contributed by atoms with Gasteiger partial charge in [-0.3, -0.25) is 19.3 Å². The van der Waals surface area contributed by atoms with Gasteiger partial charge < -0.3 is 29.0 Å². The molecule has 1 aromatic rings. The first-order valence-electron chi connectivity index (χ1n) is 11.5. The van der Waals surface area contributed by atoms with E-state index in [-0.39, 0.29) is 43.0 Å². The van der Waals surface area contributed by atoms with Crippen LogP contribution in [0.4, 0.5) is 5.69 Å². The molecule has 0 bridgehead atoms. The van der Waals surface area contributed by atoms with Crippen LogP contribution in [0.1, 0.15) is 25.3 Å². The summed E-state index contributed by atoms with van der Waals surface area (Å²) in [5.41, 5.74) is 1.78. The van der Waals surface area contributed by atoms with Crippen LogP contribution in [0.2, 0.25) is 0 Å². The Morgan fingerprint density at radius 2 is 1.47 bits per heavy atom. The topological polar surface area (TPSA) is 113 Å². The van der Waals surface area contributed by atoms with Crippen molar-refractivity contribution in [1.82, 2.24) is 4.90 Å². The molecule has 3 amide bonds. The lowest BCUT2D eigenvalue weighted by atomic mass is 10.1. The molecular formula is C24H36N2O8. The lowest BCUT2D eigenvalue weighted by Gasteiger charge is -2.14. The highest BCUT2D eigenvalue weighted by Gasteiger charge is 2.34. The highest BCUT2D eigenvalue weighted by Crippen LogP contribution is 2.18. The van der Waals surface area contributed by atoms with Gasteiger partial charge in [0, 0.05) is 25.1 Å². The molecule has 1 unspecified atom stereocenters. The van der Waals surface area contributed by atoms with Gasteiger partial charge >= 0.3 is 0 Å². The zero-order valence-corrected chi connectivity index (χ0v) is 20.1. The Bertz CT molecular complexity index is 756. The van der Waals surface area contributed by atoms with E-state index in [1.54, 1.807) is 14.0 Å². The molecule has 1 heterocycles. The number of anilines is 1. The van der Waals surface area contributed by atoms with Crippen LogP contribution in [0, 0.1) is 5.92 Å². The largest absolute Gasteiger partial charge is 0.380 e. The number of carbonyl (C=O) groups is 3. The van der Waals surface area contributed by atoms with Crippen molar-refractivity contribution >= 4 is 23.4 Å². The summed E-state index contributed by atoms with van der Waals surface area (Å²) in [6.07, 6.45) is 0.551. The van der Waals surface area contributed by atoms with Crippen LogP contribution < -0.4 is 5.32 Å². The molecule has 1 saturated heterocycles. The predicted octanol–water partition coefficient (Wildman–Crippen LogP) is 1.62. The fourth-order valence-corrected chi connectivity index (χ4v) is 3.24. The third-order valence-electron chi connectivity index (χ3n) is 5.07. The van der Waals surface area contributed by atoms with E-state index in [4.69, 9.17) is 23.7 Å². The first-order valence-corrected chi connectivity index (χ1v) is 11.5. The number of hydrogen-bond acceptors (Lipinski definition) is 8. The van der Waals surface area contributed by atoms with E-state index in [1.165, 1.54) is 4.90 Å². The van der Waals surface area contributed by atoms with E-state index in [0.717, 1.165) is 11.3 Å². The Balaban J connectivity index is 1.34. The van der Waals surface area contributed by atoms with Crippen LogP contribution in [0.5, 0.6) is 0 Å². The van der Waals surface area contributed by atoms with Gasteiger partial charge in [0.25, 0.3) is 0 Å². The van der Waals surface area contributed by atoms with Gasteiger partial charge in [-0.15, -0.1) is 0 Å². The summed E-state index contributed by atoms with van der Waals surface area (Å²) in [6, 6.07) is 7.50. The SMILES string of the molecule is COCc1ccc(NC(=O)CCOCCOCCOCCOCCN2C(=O)CC(C)C2=O)cc1. The third-order valence-corrected chi connectivity index (χ3v) is 5.07. The first-order chi connectivity index (χ1) is 16.5. The fraction of sp³-hybridized carbons (Fsp3) is 0.625. The zero-order chi connectivity index (χ0) is 24.6. The van der Waals surface area contributed by atoms with E-state index in [2.05, 4.69) is 5.32 Å². The Morgan fingerprint density at radius 1 is 0.912 bits per heavy atom.